The van der Waals surface area contributed by atoms with Crippen LogP contribution in [0.2, 0.25) is 0 Å². The third-order valence-electron chi connectivity index (χ3n) is 3.33. The van der Waals surface area contributed by atoms with Gasteiger partial charge in [0.15, 0.2) is 0 Å². The van der Waals surface area contributed by atoms with Gasteiger partial charge in [-0.2, -0.15) is 0 Å². The second-order valence-corrected chi connectivity index (χ2v) is 7.65. The molecule has 19 N–H and O–H groups in total. The number of nitrogens with two attached hydrogens (primary N) is 6. The van der Waals surface area contributed by atoms with Gasteiger partial charge in [-0.25, -0.2) is 0 Å². The van der Waals surface area contributed by atoms with E-state index in [1.807, 2.05) is 0 Å². The van der Waals surface area contributed by atoms with Crippen molar-refractivity contribution >= 4 is 47.6 Å². The van der Waals surface area contributed by atoms with Crippen LogP contribution in [-0.4, -0.2) is 115 Å². The number of carbonyl (C=O) groups is 8. The highest BCUT2D eigenvalue weighted by Gasteiger charge is 2.13. The largest absolute Gasteiger partial charge is 0.481 e. The molecule has 0 rings (SSSR count). The Kier molecular flexibility index (Phi) is 30.7. The summed E-state index contributed by atoms with van der Waals surface area (Å²) < 4.78 is 0. The zero-order chi connectivity index (χ0) is 34.0. The standard InChI is InChI=1S/C5H10N2O3.C5H9NO4.C4H8N2O3.2C3H7NO2/c1-3(6)5(10)7-2-4(8)9;6-3(5(9)10)1-2-4(7)8;5-2(4(8)9)1-3(6)7;2*1-2(4)3(5)6/h3H,2,6H2,1H3,(H,7,10)(H,8,9);3H,1-2,6H2,(H,7,8)(H,9,10);2H,1,5H2,(H2,6,7)(H,8,9);2*2H,4H2,1H3,(H,5,6)/t2*3-;3*2-/m00010/s1. The highest BCUT2D eigenvalue weighted by molar-refractivity contribution is 5.84. The van der Waals surface area contributed by atoms with E-state index in [1.165, 1.54) is 20.8 Å². The number of hydrogen-bond acceptors (Lipinski definition) is 13. The summed E-state index contributed by atoms with van der Waals surface area (Å²) in [6.07, 6.45) is -0.534. The summed E-state index contributed by atoms with van der Waals surface area (Å²) >= 11 is 0. The lowest BCUT2D eigenvalue weighted by Gasteiger charge is -2.03. The number of nitrogens with one attached hydrogen (secondary N) is 1. The molecule has 0 unspecified atom stereocenters. The molecule has 0 radical (unpaired) electrons. The highest BCUT2D eigenvalue weighted by atomic mass is 16.4. The van der Waals surface area contributed by atoms with Crippen molar-refractivity contribution in [3.63, 3.8) is 0 Å². The second kappa shape index (κ2) is 27.1. The van der Waals surface area contributed by atoms with E-state index in [0.29, 0.717) is 0 Å². The smallest absolute Gasteiger partial charge is 0.322 e. The van der Waals surface area contributed by atoms with E-state index in [9.17, 15) is 38.4 Å². The van der Waals surface area contributed by atoms with Crippen LogP contribution in [0.5, 0.6) is 0 Å². The molecular weight excluding hydrogens is 562 g/mol. The maximum atomic E-state index is 10.5. The molecule has 0 aliphatic carbocycles. The Morgan fingerprint density at radius 3 is 1.10 bits per heavy atom. The van der Waals surface area contributed by atoms with Gasteiger partial charge in [-0.3, -0.25) is 38.4 Å². The summed E-state index contributed by atoms with van der Waals surface area (Å²) in [4.78, 5) is 79.3. The summed E-state index contributed by atoms with van der Waals surface area (Å²) in [6.45, 7) is 3.95. The van der Waals surface area contributed by atoms with Crippen LogP contribution in [0.4, 0.5) is 0 Å². The molecule has 0 saturated heterocycles. The van der Waals surface area contributed by atoms with E-state index >= 15 is 0 Å². The SMILES string of the molecule is C[C@@H](N)C(=O)O.C[C@H](N)C(=O)NCC(=O)O.C[C@H](N)C(=O)O.NC(=O)C[C@H](N)C(=O)O.N[C@@H](CCC(=O)O)C(=O)O. The third kappa shape index (κ3) is 45.8. The van der Waals surface area contributed by atoms with Crippen LogP contribution in [0, 0.1) is 0 Å². The average molecular weight is 604 g/mol. The molecule has 0 spiro atoms. The molecule has 240 valence electrons. The zero-order valence-electron chi connectivity index (χ0n) is 22.6. The first-order valence-electron chi connectivity index (χ1n) is 11.1. The molecule has 0 fully saturated rings. The first kappa shape index (κ1) is 46.4. The first-order valence-corrected chi connectivity index (χ1v) is 11.1. The summed E-state index contributed by atoms with van der Waals surface area (Å²) in [7, 11) is 0. The van der Waals surface area contributed by atoms with Gasteiger partial charge in [0.25, 0.3) is 0 Å². The van der Waals surface area contributed by atoms with E-state index in [1.54, 1.807) is 0 Å². The summed E-state index contributed by atoms with van der Waals surface area (Å²) in [5.74, 6) is -7.57. The minimum absolute atomic E-state index is 0.0231. The fourth-order valence-electron chi connectivity index (χ4n) is 1.03. The van der Waals surface area contributed by atoms with Crippen LogP contribution < -0.4 is 39.7 Å². The van der Waals surface area contributed by atoms with Crippen LogP contribution >= 0.6 is 0 Å². The predicted octanol–water partition coefficient (Wildman–Crippen LogP) is -5.09. The van der Waals surface area contributed by atoms with Gasteiger partial charge in [-0.15, -0.1) is 0 Å². The lowest BCUT2D eigenvalue weighted by atomic mass is 10.2. The summed E-state index contributed by atoms with van der Waals surface area (Å²) in [5, 5.41) is 50.3. The first-order chi connectivity index (χ1) is 18.4. The minimum atomic E-state index is -1.21. The quantitative estimate of drug-likeness (QED) is 0.0991. The monoisotopic (exact) mass is 603 g/mol. The van der Waals surface area contributed by atoms with E-state index in [0.717, 1.165) is 0 Å². The number of carbonyl (C=O) groups excluding carboxylic acids is 2. The molecular formula is C20H41N7O14. The van der Waals surface area contributed by atoms with Crippen molar-refractivity contribution < 1.29 is 69.0 Å². The Bertz CT molecular complexity index is 832. The minimum Gasteiger partial charge on any atom is -0.481 e. The normalized spacial score (nSPS) is 12.8. The number of carboxylic acid groups (broad SMARTS) is 6. The molecule has 0 aliphatic rings. The number of primary amides is 1. The molecule has 0 saturated carbocycles. The fraction of sp³-hybridized carbons (Fsp3) is 0.600. The fourth-order valence-corrected chi connectivity index (χ4v) is 1.03. The van der Waals surface area contributed by atoms with Gasteiger partial charge in [-0.1, -0.05) is 0 Å². The van der Waals surface area contributed by atoms with Crippen LogP contribution in [0.15, 0.2) is 0 Å². The van der Waals surface area contributed by atoms with Crippen molar-refractivity contribution in [2.45, 2.75) is 70.2 Å². The molecule has 0 aromatic heterocycles. The van der Waals surface area contributed by atoms with Crippen LogP contribution in [0.1, 0.15) is 40.0 Å². The molecule has 0 heterocycles. The number of amides is 2. The molecule has 2 amide bonds. The molecule has 0 aromatic rings. The van der Waals surface area contributed by atoms with Gasteiger partial charge >= 0.3 is 35.8 Å². The molecule has 0 bridgehead atoms. The van der Waals surface area contributed by atoms with Crippen molar-refractivity contribution in [1.29, 1.82) is 0 Å². The Labute approximate surface area is 233 Å². The Balaban J connectivity index is -0.000000134. The van der Waals surface area contributed by atoms with Crippen molar-refractivity contribution in [2.75, 3.05) is 6.54 Å². The average Bonchev–Trinajstić information content (AvgIpc) is 2.81. The van der Waals surface area contributed by atoms with Gasteiger partial charge in [-0.05, 0) is 27.2 Å². The predicted molar refractivity (Wildman–Crippen MR) is 139 cm³/mol. The van der Waals surface area contributed by atoms with E-state index in [4.69, 9.17) is 59.3 Å². The van der Waals surface area contributed by atoms with Gasteiger partial charge in [0, 0.05) is 6.42 Å². The van der Waals surface area contributed by atoms with Crippen molar-refractivity contribution in [1.82, 2.24) is 5.32 Å². The summed E-state index contributed by atoms with van der Waals surface area (Å²) in [5.41, 5.74) is 29.4. The molecule has 0 aliphatic heterocycles. The molecule has 5 atom stereocenters. The van der Waals surface area contributed by atoms with E-state index in [-0.39, 0.29) is 25.8 Å². The number of hydrogen-bond donors (Lipinski definition) is 13. The number of rotatable bonds is 12. The molecule has 0 aromatic carbocycles. The summed E-state index contributed by atoms with van der Waals surface area (Å²) in [6, 6.07) is -4.34. The maximum absolute atomic E-state index is 10.5. The Hall–Kier alpha value is -4.44. The van der Waals surface area contributed by atoms with Crippen LogP contribution in [0.25, 0.3) is 0 Å². The van der Waals surface area contributed by atoms with E-state index < -0.39 is 77.8 Å². The van der Waals surface area contributed by atoms with Crippen LogP contribution in [-0.2, 0) is 38.4 Å². The van der Waals surface area contributed by atoms with Crippen LogP contribution in [0.3, 0.4) is 0 Å². The topological polar surface area (TPSA) is 426 Å². The second-order valence-electron chi connectivity index (χ2n) is 7.65. The van der Waals surface area contributed by atoms with Gasteiger partial charge in [0.1, 0.15) is 30.7 Å². The molecule has 41 heavy (non-hydrogen) atoms. The lowest BCUT2D eigenvalue weighted by Crippen LogP contribution is -2.40. The molecule has 21 heteroatoms. The number of aliphatic carboxylic acids is 6. The highest BCUT2D eigenvalue weighted by Crippen LogP contribution is 1.93. The van der Waals surface area contributed by atoms with Gasteiger partial charge < -0.3 is 70.4 Å². The molecule has 21 nitrogen and oxygen atoms in total. The van der Waals surface area contributed by atoms with Crippen molar-refractivity contribution in [3.8, 4) is 0 Å². The van der Waals surface area contributed by atoms with Crippen molar-refractivity contribution in [3.05, 3.63) is 0 Å². The van der Waals surface area contributed by atoms with Gasteiger partial charge in [0.05, 0.1) is 12.5 Å². The van der Waals surface area contributed by atoms with Gasteiger partial charge in [0.2, 0.25) is 11.8 Å². The Morgan fingerprint density at radius 2 is 0.927 bits per heavy atom. The zero-order valence-corrected chi connectivity index (χ0v) is 22.6. The third-order valence-corrected chi connectivity index (χ3v) is 3.33. The lowest BCUT2D eigenvalue weighted by molar-refractivity contribution is -0.141. The number of carboxylic acids is 6. The Morgan fingerprint density at radius 1 is 0.585 bits per heavy atom. The van der Waals surface area contributed by atoms with E-state index in [2.05, 4.69) is 11.1 Å². The van der Waals surface area contributed by atoms with Crippen molar-refractivity contribution in [2.24, 2.45) is 34.4 Å². The maximum Gasteiger partial charge on any atom is 0.322 e.